The van der Waals surface area contributed by atoms with Crippen LogP contribution in [-0.4, -0.2) is 235 Å². The Labute approximate surface area is 601 Å². The maximum atomic E-state index is 15.1. The number of carbonyl (C=O) groups excluding carboxylic acids is 8. The van der Waals surface area contributed by atoms with Gasteiger partial charge in [-0.15, -0.1) is 14.5 Å². The Hall–Kier alpha value is -6.75. The molecular formula is C63H87N12NaO21S2. The van der Waals surface area contributed by atoms with Gasteiger partial charge < -0.3 is 108 Å². The van der Waals surface area contributed by atoms with Crippen molar-refractivity contribution in [2.45, 2.75) is 163 Å². The molecule has 3 aliphatic heterocycles. The van der Waals surface area contributed by atoms with Crippen LogP contribution in [0.2, 0.25) is 0 Å². The summed E-state index contributed by atoms with van der Waals surface area (Å²) < 4.78 is 20.3. The number of methoxy groups -OCH3 is 1. The van der Waals surface area contributed by atoms with Crippen molar-refractivity contribution in [3.8, 4) is 38.4 Å². The predicted octanol–water partition coefficient (Wildman–Crippen LogP) is -5.76. The van der Waals surface area contributed by atoms with Crippen molar-refractivity contribution in [2.24, 2.45) is 17.4 Å². The minimum absolute atomic E-state index is 0. The summed E-state index contributed by atoms with van der Waals surface area (Å²) in [5.74, 6) is -9.76. The fourth-order valence-electron chi connectivity index (χ4n) is 11.4. The quantitative estimate of drug-likeness (QED) is 0.00792. The average Bonchev–Trinajstić information content (AvgIpc) is 1.69. The number of β-amino-alcohol motifs (C(OH)–C–C–N with tert-alkyl or cyclic N) is 1. The first kappa shape index (κ1) is 81.2. The summed E-state index contributed by atoms with van der Waals surface area (Å²) in [4.78, 5) is 117. The molecule has 538 valence electrons. The van der Waals surface area contributed by atoms with Crippen molar-refractivity contribution in [3.63, 3.8) is 0 Å². The van der Waals surface area contributed by atoms with E-state index < -0.39 is 177 Å². The summed E-state index contributed by atoms with van der Waals surface area (Å²) >= 11 is 1.29. The third-order valence-corrected chi connectivity index (χ3v) is 18.3. The molecule has 0 saturated carbocycles. The molecule has 3 aliphatic rings. The Morgan fingerprint density at radius 2 is 1.40 bits per heavy atom. The number of hydrogen-bond acceptors (Lipinski definition) is 27. The minimum atomic E-state index is -2.19. The molecule has 0 spiro atoms. The third kappa shape index (κ3) is 23.1. The number of nitrogens with two attached hydrogens (primary N) is 2. The molecule has 17 N–H and O–H groups in total. The van der Waals surface area contributed by atoms with E-state index in [9.17, 15) is 74.6 Å². The molecule has 0 bridgehead atoms. The number of carbonyl (C=O) groups is 8. The summed E-state index contributed by atoms with van der Waals surface area (Å²) in [6.07, 6.45) is -7.17. The molecule has 1 aromatic heterocycles. The number of nitrogens with zero attached hydrogens (tertiary/aromatic N) is 4. The van der Waals surface area contributed by atoms with Crippen LogP contribution in [0.4, 0.5) is 0 Å². The van der Waals surface area contributed by atoms with Gasteiger partial charge in [-0.25, -0.2) is 0 Å². The first-order chi connectivity index (χ1) is 46.9. The molecular weight excluding hydrogens is 1350 g/mol. The molecule has 3 aromatic carbocycles. The Morgan fingerprint density at radius 3 is 2.06 bits per heavy atom. The number of aliphatic hydroxyl groups excluding tert-OH is 6. The van der Waals surface area contributed by atoms with E-state index in [1.807, 2.05) is 24.3 Å². The number of fused-ring (bicyclic) bond motifs is 2. The zero-order chi connectivity index (χ0) is 71.2. The second kappa shape index (κ2) is 40.0. The van der Waals surface area contributed by atoms with E-state index in [0.717, 1.165) is 73.1 Å². The van der Waals surface area contributed by atoms with E-state index in [4.69, 9.17) is 25.1 Å². The molecule has 14 atom stereocenters. The van der Waals surface area contributed by atoms with Gasteiger partial charge in [0.1, 0.15) is 52.0 Å². The van der Waals surface area contributed by atoms with Gasteiger partial charge in [-0.3, -0.25) is 43.4 Å². The van der Waals surface area contributed by atoms with Crippen molar-refractivity contribution in [3.05, 3.63) is 77.9 Å². The molecule has 0 aliphatic carbocycles. The zero-order valence-corrected chi connectivity index (χ0v) is 58.9. The van der Waals surface area contributed by atoms with Gasteiger partial charge in [0.25, 0.3) is 18.2 Å². The summed E-state index contributed by atoms with van der Waals surface area (Å²) in [6, 6.07) is 4.40. The van der Waals surface area contributed by atoms with Crippen LogP contribution in [0.15, 0.2) is 66.7 Å². The van der Waals surface area contributed by atoms with Crippen LogP contribution in [-0.2, 0) is 54.1 Å². The number of nitrogens with one attached hydrogen (secondary N) is 6. The number of unbranched alkanes of at least 4 members (excludes halogenated alkanes) is 4. The first-order valence-corrected chi connectivity index (χ1v) is 33.6. The Kier molecular flexibility index (Phi) is 32.8. The normalized spacial score (nSPS) is 23.9. The molecule has 0 radical (unpaired) electrons. The number of amides is 8. The maximum absolute atomic E-state index is 15.1. The van der Waals surface area contributed by atoms with Crippen LogP contribution in [0.3, 0.4) is 0 Å². The smallest absolute Gasteiger partial charge is 0.691 e. The number of benzene rings is 3. The van der Waals surface area contributed by atoms with Crippen molar-refractivity contribution < 1.29 is 132 Å². The molecule has 8 amide bonds. The van der Waals surface area contributed by atoms with E-state index >= 15 is 4.79 Å². The van der Waals surface area contributed by atoms with Crippen LogP contribution in [0.1, 0.15) is 94.0 Å². The molecule has 33 nitrogen and oxygen atoms in total. The maximum Gasteiger partial charge on any atom is 1.00 e. The summed E-state index contributed by atoms with van der Waals surface area (Å²) in [5.41, 5.74) is 13.0. The fourth-order valence-corrected chi connectivity index (χ4v) is 12.5. The third-order valence-electron chi connectivity index (χ3n) is 16.9. The van der Waals surface area contributed by atoms with Gasteiger partial charge in [0.15, 0.2) is 11.5 Å². The van der Waals surface area contributed by atoms with Gasteiger partial charge in [-0.2, -0.15) is 0 Å². The average molecular weight is 1440 g/mol. The monoisotopic (exact) mass is 1430 g/mol. The van der Waals surface area contributed by atoms with Crippen LogP contribution >= 0.6 is 23.7 Å². The van der Waals surface area contributed by atoms with Crippen molar-refractivity contribution in [2.75, 3.05) is 53.0 Å². The zero-order valence-electron chi connectivity index (χ0n) is 55.3. The number of ether oxygens (including phenoxy) is 2. The molecule has 36 heteroatoms. The second-order valence-corrected chi connectivity index (χ2v) is 25.7. The van der Waals surface area contributed by atoms with Gasteiger partial charge in [0.05, 0.1) is 49.3 Å². The number of phenolic OH excluding ortho intramolecular Hbond substituents is 1. The van der Waals surface area contributed by atoms with Gasteiger partial charge in [-0.05, 0) is 99.7 Å². The van der Waals surface area contributed by atoms with Crippen LogP contribution in [0.25, 0.3) is 21.1 Å². The minimum Gasteiger partial charge on any atom is -0.691 e. The summed E-state index contributed by atoms with van der Waals surface area (Å²) in [5, 5.41) is 118. The molecule has 3 fully saturated rings. The number of phenols is 1. The van der Waals surface area contributed by atoms with E-state index in [0.29, 0.717) is 34.4 Å². The molecule has 4 heterocycles. The second-order valence-electron chi connectivity index (χ2n) is 24.3. The van der Waals surface area contributed by atoms with Crippen molar-refractivity contribution in [1.29, 1.82) is 0 Å². The first-order valence-electron chi connectivity index (χ1n) is 32.1. The topological polar surface area (TPSA) is 504 Å². The summed E-state index contributed by atoms with van der Waals surface area (Å²) in [7, 11) is 1.69. The van der Waals surface area contributed by atoms with Crippen molar-refractivity contribution >= 4 is 70.9 Å². The van der Waals surface area contributed by atoms with Crippen LogP contribution in [0, 0.1) is 5.92 Å². The largest absolute Gasteiger partial charge is 1.00 e. The molecule has 0 unspecified atom stereocenters. The van der Waals surface area contributed by atoms with Crippen LogP contribution < -0.4 is 87.1 Å². The summed E-state index contributed by atoms with van der Waals surface area (Å²) in [6.45, 7) is 2.11. The number of hydrogen-bond donors (Lipinski definition) is 15. The number of aromatic nitrogens is 2. The van der Waals surface area contributed by atoms with E-state index in [-0.39, 0.29) is 84.8 Å². The number of aromatic hydroxyl groups is 1. The Morgan fingerprint density at radius 1 is 0.768 bits per heavy atom. The fraction of sp³-hybridized carbons (Fsp3) is 0.556. The molecule has 4 aromatic rings. The Balaban J connectivity index is 0.0000155. The SMILES string of the molecule is COCCCCCCCOc1ccc(-c2nnc(-c3ccc(C(=O)N[C@H]4C[C@H](O)CNC(=O)[C@@H]5[C@@H](O)[C@H](C)CN5C(=O)[C@H]([C@H](O)CCNC(=O)[C@@H](N)CCCN)NC(=O)[C@H]([C@H](O)Cc5ccc(O)c(OSOO[O-])c5)NC(=O)[C@@H]5C[C@H](O)CN5C(=O)[C@H]([C@H](C)O)NC4=O)cc3)s2)cc1.[Na+]. The molecule has 7 rings (SSSR count). The van der Waals surface area contributed by atoms with Gasteiger partial charge in [0, 0.05) is 81.8 Å². The predicted molar refractivity (Wildman–Crippen MR) is 348 cm³/mol. The van der Waals surface area contributed by atoms with Gasteiger partial charge in [0.2, 0.25) is 41.4 Å². The van der Waals surface area contributed by atoms with Gasteiger partial charge in [-0.1, -0.05) is 55.7 Å². The number of rotatable bonds is 29. The molecule has 3 saturated heterocycles. The Bertz CT molecular complexity index is 3310. The number of aliphatic hydroxyl groups is 6. The van der Waals surface area contributed by atoms with Crippen LogP contribution in [0.5, 0.6) is 17.2 Å². The molecule has 99 heavy (non-hydrogen) atoms. The van der Waals surface area contributed by atoms with E-state index in [1.165, 1.54) is 36.5 Å². The van der Waals surface area contributed by atoms with E-state index in [2.05, 4.69) is 51.5 Å². The standard InChI is InChI=1S/C63H88N12O21S2.Na/c1-33-31-75-52(53(33)82)59(88)67-30-39(77)28-43(68-54(83)36-12-14-37(15-13-36)60-72-73-61(97-60)38-16-18-41(19-17-38)93-25-8-6-4-5-7-24-92-3)56(85)69-49(34(2)76)62(89)74-32-40(78)29-44(74)57(86)70-50(47(81)26-35-11-20-45(79)48(27-35)94-98-96-95-91)58(87)71-51(63(75)90)46(80)21-23-66-55(84)42(65)10-9-22-64;/h11-20,27,33-34,39-40,42-44,46-47,49-53,76-82,91H,4-10,21-26,28-32,64-65H2,1-3H3,(H,66,84)(H,67,88)(H,68,83)(H,69,85)(H,70,86)(H,71,87);/q;+1/p-1/t33-,34+,39+,40+,42+,43+,44+,46-,47-,49+,50+,51+,52+,53+;/m1./s1. The van der Waals surface area contributed by atoms with E-state index in [1.54, 1.807) is 19.2 Å². The van der Waals surface area contributed by atoms with Gasteiger partial charge >= 0.3 is 29.6 Å². The van der Waals surface area contributed by atoms with Crippen molar-refractivity contribution in [1.82, 2.24) is 51.9 Å².